The van der Waals surface area contributed by atoms with Gasteiger partial charge in [0, 0.05) is 32.2 Å². The first-order valence-electron chi connectivity index (χ1n) is 8.64. The highest BCUT2D eigenvalue weighted by Crippen LogP contribution is 2.66. The number of alkyl halides is 2. The number of benzene rings is 1. The number of nitrogens with zero attached hydrogens (tertiary/aromatic N) is 1. The normalized spacial score (nSPS) is 44.2. The number of aliphatic hydroxyl groups is 1. The highest BCUT2D eigenvalue weighted by molar-refractivity contribution is 9.12. The molecule has 25 heavy (non-hydrogen) atoms. The van der Waals surface area contributed by atoms with Crippen molar-refractivity contribution in [3.05, 3.63) is 21.7 Å². The van der Waals surface area contributed by atoms with Gasteiger partial charge >= 0.3 is 0 Å². The molecule has 1 N–H and O–H groups in total. The van der Waals surface area contributed by atoms with Crippen molar-refractivity contribution >= 4 is 47.8 Å². The van der Waals surface area contributed by atoms with Gasteiger partial charge in [0.15, 0.2) is 11.5 Å². The van der Waals surface area contributed by atoms with Crippen LogP contribution in [0.4, 0.5) is 0 Å². The second-order valence-corrected chi connectivity index (χ2v) is 10.7. The highest BCUT2D eigenvalue weighted by atomic mass is 79.9. The standard InChI is InChI=1S/C18H20Br3NO3/c1-22-4-3-18-11-7-5-9(22)12(18)13(20)14(21)15(23)17(18)25-16(11)10(24-2)6-8(7)19/h6,9,12-15,17,23H,3-5H2,1-2H3/t9-,12-,13-,14+,15+,17+,18-/m1/s1. The van der Waals surface area contributed by atoms with Crippen molar-refractivity contribution in [1.29, 1.82) is 0 Å². The van der Waals surface area contributed by atoms with Gasteiger partial charge in [0.2, 0.25) is 0 Å². The molecule has 0 unspecified atom stereocenters. The SMILES string of the molecule is COc1cc(Br)c2c3c1O[C@H]1[C@@H](O)[C@@H](Br)[C@H](Br)[C@H]4[C@@H](C2)N(C)CC[C@@]341. The number of hydrogen-bond donors (Lipinski definition) is 1. The van der Waals surface area contributed by atoms with E-state index in [0.717, 1.165) is 35.4 Å². The highest BCUT2D eigenvalue weighted by Gasteiger charge is 2.69. The summed E-state index contributed by atoms with van der Waals surface area (Å²) in [4.78, 5) is 2.64. The second-order valence-electron chi connectivity index (χ2n) is 7.73. The van der Waals surface area contributed by atoms with E-state index in [4.69, 9.17) is 9.47 Å². The molecule has 136 valence electrons. The Morgan fingerprint density at radius 2 is 2.12 bits per heavy atom. The van der Waals surface area contributed by atoms with E-state index >= 15 is 0 Å². The number of likely N-dealkylation sites (N-methyl/N-ethyl adjacent to an activating group) is 1. The van der Waals surface area contributed by atoms with Gasteiger partial charge in [0.1, 0.15) is 12.2 Å². The van der Waals surface area contributed by atoms with Crippen LogP contribution in [0, 0.1) is 5.92 Å². The van der Waals surface area contributed by atoms with Crippen LogP contribution in [0.3, 0.4) is 0 Å². The number of rotatable bonds is 1. The maximum absolute atomic E-state index is 11.1. The van der Waals surface area contributed by atoms with Crippen LogP contribution >= 0.6 is 47.8 Å². The first-order chi connectivity index (χ1) is 11.9. The third kappa shape index (κ3) is 1.95. The molecule has 4 aliphatic rings. The van der Waals surface area contributed by atoms with Crippen LogP contribution in [0.15, 0.2) is 10.5 Å². The summed E-state index contributed by atoms with van der Waals surface area (Å²) >= 11 is 11.5. The van der Waals surface area contributed by atoms with Gasteiger partial charge in [0.05, 0.1) is 11.9 Å². The van der Waals surface area contributed by atoms with Crippen LogP contribution in [0.25, 0.3) is 0 Å². The summed E-state index contributed by atoms with van der Waals surface area (Å²) in [5.41, 5.74) is 2.45. The summed E-state index contributed by atoms with van der Waals surface area (Å²) in [6, 6.07) is 2.45. The fraction of sp³-hybridized carbons (Fsp3) is 0.667. The first-order valence-corrected chi connectivity index (χ1v) is 11.3. The molecule has 7 heteroatoms. The summed E-state index contributed by atoms with van der Waals surface area (Å²) in [6.45, 7) is 1.02. The van der Waals surface area contributed by atoms with Crippen LogP contribution in [0.2, 0.25) is 0 Å². The lowest BCUT2D eigenvalue weighted by molar-refractivity contribution is -0.0908. The maximum Gasteiger partial charge on any atom is 0.166 e. The molecule has 1 spiro atoms. The van der Waals surface area contributed by atoms with Gasteiger partial charge < -0.3 is 19.5 Å². The number of aliphatic hydroxyl groups excluding tert-OH is 1. The number of ether oxygens (including phenoxy) is 2. The van der Waals surface area contributed by atoms with Crippen molar-refractivity contribution in [2.45, 2.75) is 46.2 Å². The molecule has 1 aromatic rings. The van der Waals surface area contributed by atoms with Crippen LogP contribution in [-0.2, 0) is 11.8 Å². The zero-order chi connectivity index (χ0) is 17.7. The van der Waals surface area contributed by atoms with E-state index in [1.54, 1.807) is 7.11 Å². The van der Waals surface area contributed by atoms with Gasteiger partial charge in [-0.1, -0.05) is 47.8 Å². The molecule has 2 aliphatic carbocycles. The van der Waals surface area contributed by atoms with Crippen LogP contribution in [0.1, 0.15) is 17.5 Å². The number of hydrogen-bond acceptors (Lipinski definition) is 4. The van der Waals surface area contributed by atoms with Crippen LogP contribution < -0.4 is 9.47 Å². The quantitative estimate of drug-likeness (QED) is 0.559. The molecule has 4 nitrogen and oxygen atoms in total. The van der Waals surface area contributed by atoms with E-state index in [2.05, 4.69) is 59.7 Å². The van der Waals surface area contributed by atoms with Gasteiger partial charge in [-0.05, 0) is 38.1 Å². The fourth-order valence-electron chi connectivity index (χ4n) is 5.83. The van der Waals surface area contributed by atoms with E-state index in [9.17, 15) is 5.11 Å². The summed E-state index contributed by atoms with van der Waals surface area (Å²) in [6.07, 6.45) is 1.19. The molecule has 2 heterocycles. The van der Waals surface area contributed by atoms with Gasteiger partial charge in [-0.25, -0.2) is 0 Å². The number of halogens is 3. The zero-order valence-electron chi connectivity index (χ0n) is 14.0. The molecular formula is C18H20Br3NO3. The minimum absolute atomic E-state index is 0.0325. The van der Waals surface area contributed by atoms with E-state index < -0.39 is 6.10 Å². The Kier molecular flexibility index (Phi) is 3.87. The number of methoxy groups -OCH3 is 1. The first kappa shape index (κ1) is 17.3. The van der Waals surface area contributed by atoms with Crippen LogP contribution in [0.5, 0.6) is 11.5 Å². The van der Waals surface area contributed by atoms with E-state index in [1.807, 2.05) is 6.07 Å². The Labute approximate surface area is 172 Å². The molecule has 1 saturated carbocycles. The molecule has 0 amide bonds. The lowest BCUT2D eigenvalue weighted by Gasteiger charge is -2.61. The second kappa shape index (κ2) is 5.60. The molecule has 0 aromatic heterocycles. The predicted octanol–water partition coefficient (Wildman–Crippen LogP) is 3.23. The maximum atomic E-state index is 11.1. The molecule has 2 aliphatic heterocycles. The molecule has 7 atom stereocenters. The number of piperidine rings is 1. The average Bonchev–Trinajstić information content (AvgIpc) is 2.94. The fourth-order valence-corrected chi connectivity index (χ4v) is 8.14. The summed E-state index contributed by atoms with van der Waals surface area (Å²) < 4.78 is 13.2. The van der Waals surface area contributed by atoms with Crippen molar-refractivity contribution in [3.8, 4) is 11.5 Å². The topological polar surface area (TPSA) is 41.9 Å². The summed E-state index contributed by atoms with van der Waals surface area (Å²) in [5.74, 6) is 1.99. The third-order valence-electron chi connectivity index (χ3n) is 6.89. The Balaban J connectivity index is 1.84. The predicted molar refractivity (Wildman–Crippen MR) is 106 cm³/mol. The van der Waals surface area contributed by atoms with Gasteiger partial charge in [0.25, 0.3) is 0 Å². The number of likely N-dealkylation sites (tertiary alicyclic amines) is 1. The van der Waals surface area contributed by atoms with E-state index in [1.165, 1.54) is 11.1 Å². The van der Waals surface area contributed by atoms with Gasteiger partial charge in [-0.15, -0.1) is 0 Å². The Hall–Kier alpha value is 0.180. The van der Waals surface area contributed by atoms with Crippen molar-refractivity contribution < 1.29 is 14.6 Å². The molecule has 2 bridgehead atoms. The molecule has 2 fully saturated rings. The van der Waals surface area contributed by atoms with Gasteiger partial charge in [-0.2, -0.15) is 0 Å². The van der Waals surface area contributed by atoms with Crippen LogP contribution in [-0.4, -0.2) is 58.6 Å². The minimum atomic E-state index is -0.563. The molecular weight excluding hydrogens is 518 g/mol. The Morgan fingerprint density at radius 1 is 1.36 bits per heavy atom. The molecule has 1 saturated heterocycles. The molecule has 1 aromatic carbocycles. The average molecular weight is 538 g/mol. The lowest BCUT2D eigenvalue weighted by Crippen LogP contribution is -2.71. The smallest absolute Gasteiger partial charge is 0.166 e. The largest absolute Gasteiger partial charge is 0.493 e. The molecule has 0 radical (unpaired) electrons. The monoisotopic (exact) mass is 535 g/mol. The third-order valence-corrected chi connectivity index (χ3v) is 10.6. The summed E-state index contributed by atoms with van der Waals surface area (Å²) in [7, 11) is 3.90. The Morgan fingerprint density at radius 3 is 2.84 bits per heavy atom. The lowest BCUT2D eigenvalue weighted by atomic mass is 9.51. The van der Waals surface area contributed by atoms with Crippen molar-refractivity contribution in [2.75, 3.05) is 20.7 Å². The molecule has 5 rings (SSSR count). The minimum Gasteiger partial charge on any atom is -0.493 e. The van der Waals surface area contributed by atoms with E-state index in [0.29, 0.717) is 12.0 Å². The van der Waals surface area contributed by atoms with Gasteiger partial charge in [-0.3, -0.25) is 0 Å². The summed E-state index contributed by atoms with van der Waals surface area (Å²) in [5, 5.41) is 11.1. The Bertz CT molecular complexity index is 760. The van der Waals surface area contributed by atoms with Crippen molar-refractivity contribution in [2.24, 2.45) is 5.92 Å². The zero-order valence-corrected chi connectivity index (χ0v) is 18.8. The van der Waals surface area contributed by atoms with Crippen molar-refractivity contribution in [1.82, 2.24) is 4.90 Å². The van der Waals surface area contributed by atoms with E-state index in [-0.39, 0.29) is 21.2 Å². The van der Waals surface area contributed by atoms with Crippen molar-refractivity contribution in [3.63, 3.8) is 0 Å².